The van der Waals surface area contributed by atoms with E-state index < -0.39 is 0 Å². The number of rotatable bonds is 6. The van der Waals surface area contributed by atoms with Crippen LogP contribution in [0.25, 0.3) is 0 Å². The van der Waals surface area contributed by atoms with Gasteiger partial charge < -0.3 is 4.74 Å². The van der Waals surface area contributed by atoms with E-state index >= 15 is 0 Å². The normalized spacial score (nSPS) is 9.72. The minimum absolute atomic E-state index is 0.275. The van der Waals surface area contributed by atoms with Crippen LogP contribution in [0.2, 0.25) is 0 Å². The van der Waals surface area contributed by atoms with Gasteiger partial charge in [-0.1, -0.05) is 44.4 Å². The molecule has 1 rings (SSSR count). The van der Waals surface area contributed by atoms with Gasteiger partial charge in [-0.05, 0) is 24.6 Å². The van der Waals surface area contributed by atoms with E-state index in [1.54, 1.807) is 13.2 Å². The topological polar surface area (TPSA) is 9.23 Å². The number of unbranched alkanes of at least 4 members (excludes halogenated alkanes) is 5. The standard InChI is InChI=1S/C16H21FO/c1-3-4-5-6-7-8-9-10-14-13-15(17)11-12-16(14)18-2/h11-13H,3-8H2,1-2H3. The van der Waals surface area contributed by atoms with E-state index in [0.29, 0.717) is 11.3 Å². The maximum atomic E-state index is 13.1. The Bertz CT molecular complexity index is 415. The SMILES string of the molecule is CCCCCCCC#Cc1cc(F)ccc1OC. The Morgan fingerprint density at radius 3 is 2.67 bits per heavy atom. The fourth-order valence-electron chi connectivity index (χ4n) is 1.75. The Balaban J connectivity index is 2.44. The van der Waals surface area contributed by atoms with Gasteiger partial charge in [0.05, 0.1) is 12.7 Å². The molecule has 0 spiro atoms. The van der Waals surface area contributed by atoms with Crippen molar-refractivity contribution in [3.8, 4) is 17.6 Å². The molecule has 0 atom stereocenters. The molecule has 18 heavy (non-hydrogen) atoms. The van der Waals surface area contributed by atoms with Crippen molar-refractivity contribution in [1.29, 1.82) is 0 Å². The second-order valence-electron chi connectivity index (χ2n) is 4.31. The minimum atomic E-state index is -0.275. The number of ether oxygens (including phenoxy) is 1. The van der Waals surface area contributed by atoms with Gasteiger partial charge in [-0.3, -0.25) is 0 Å². The summed E-state index contributed by atoms with van der Waals surface area (Å²) in [6.07, 6.45) is 7.04. The van der Waals surface area contributed by atoms with E-state index in [-0.39, 0.29) is 5.82 Å². The average Bonchev–Trinajstić information content (AvgIpc) is 2.38. The Kier molecular flexibility index (Phi) is 6.94. The summed E-state index contributed by atoms with van der Waals surface area (Å²) in [5.41, 5.74) is 0.631. The summed E-state index contributed by atoms with van der Waals surface area (Å²) >= 11 is 0. The Labute approximate surface area is 109 Å². The summed E-state index contributed by atoms with van der Waals surface area (Å²) in [5, 5.41) is 0. The van der Waals surface area contributed by atoms with Gasteiger partial charge in [0.25, 0.3) is 0 Å². The zero-order valence-electron chi connectivity index (χ0n) is 11.3. The van der Waals surface area contributed by atoms with Crippen LogP contribution in [0, 0.1) is 17.7 Å². The summed E-state index contributed by atoms with van der Waals surface area (Å²) in [6, 6.07) is 4.41. The first-order valence-electron chi connectivity index (χ1n) is 6.60. The highest BCUT2D eigenvalue weighted by atomic mass is 19.1. The Morgan fingerprint density at radius 2 is 1.94 bits per heavy atom. The van der Waals surface area contributed by atoms with E-state index in [4.69, 9.17) is 4.74 Å². The molecule has 0 saturated heterocycles. The van der Waals surface area contributed by atoms with Gasteiger partial charge in [-0.2, -0.15) is 0 Å². The zero-order chi connectivity index (χ0) is 13.2. The van der Waals surface area contributed by atoms with Crippen LogP contribution in [0.3, 0.4) is 0 Å². The fraction of sp³-hybridized carbons (Fsp3) is 0.500. The van der Waals surface area contributed by atoms with Crippen molar-refractivity contribution in [2.24, 2.45) is 0 Å². The molecule has 0 amide bonds. The van der Waals surface area contributed by atoms with Crippen LogP contribution in [0.1, 0.15) is 51.0 Å². The summed E-state index contributed by atoms with van der Waals surface area (Å²) in [7, 11) is 1.57. The number of hydrogen-bond donors (Lipinski definition) is 0. The lowest BCUT2D eigenvalue weighted by Gasteiger charge is -2.02. The quantitative estimate of drug-likeness (QED) is 0.530. The van der Waals surface area contributed by atoms with Crippen molar-refractivity contribution < 1.29 is 9.13 Å². The lowest BCUT2D eigenvalue weighted by molar-refractivity contribution is 0.412. The van der Waals surface area contributed by atoms with Crippen LogP contribution in [0.15, 0.2) is 18.2 Å². The van der Waals surface area contributed by atoms with Gasteiger partial charge in [0, 0.05) is 6.42 Å². The van der Waals surface area contributed by atoms with Crippen LogP contribution in [-0.2, 0) is 0 Å². The molecular weight excluding hydrogens is 227 g/mol. The van der Waals surface area contributed by atoms with E-state index in [1.807, 2.05) is 0 Å². The first kappa shape index (κ1) is 14.6. The molecule has 0 aromatic heterocycles. The molecular formula is C16H21FO. The molecule has 0 aliphatic heterocycles. The third kappa shape index (κ3) is 5.23. The number of hydrogen-bond acceptors (Lipinski definition) is 1. The predicted octanol–water partition coefficient (Wildman–Crippen LogP) is 4.55. The van der Waals surface area contributed by atoms with Crippen LogP contribution in [0.5, 0.6) is 5.75 Å². The monoisotopic (exact) mass is 248 g/mol. The molecule has 0 unspecified atom stereocenters. The summed E-state index contributed by atoms with van der Waals surface area (Å²) < 4.78 is 18.2. The highest BCUT2D eigenvalue weighted by molar-refractivity contribution is 5.46. The van der Waals surface area contributed by atoms with Crippen LogP contribution < -0.4 is 4.74 Å². The number of halogens is 1. The molecule has 0 radical (unpaired) electrons. The molecule has 2 heteroatoms. The molecule has 0 N–H and O–H groups in total. The molecule has 98 valence electrons. The average molecular weight is 248 g/mol. The van der Waals surface area contributed by atoms with E-state index in [2.05, 4.69) is 18.8 Å². The second-order valence-corrected chi connectivity index (χ2v) is 4.31. The van der Waals surface area contributed by atoms with Gasteiger partial charge in [0.15, 0.2) is 0 Å². The van der Waals surface area contributed by atoms with Crippen molar-refractivity contribution in [2.45, 2.75) is 45.4 Å². The van der Waals surface area contributed by atoms with Crippen LogP contribution >= 0.6 is 0 Å². The number of benzene rings is 1. The maximum Gasteiger partial charge on any atom is 0.134 e. The van der Waals surface area contributed by atoms with Crippen molar-refractivity contribution in [3.63, 3.8) is 0 Å². The van der Waals surface area contributed by atoms with E-state index in [0.717, 1.165) is 12.8 Å². The molecule has 0 saturated carbocycles. The molecule has 0 aliphatic carbocycles. The fourth-order valence-corrected chi connectivity index (χ4v) is 1.75. The van der Waals surface area contributed by atoms with Crippen LogP contribution in [-0.4, -0.2) is 7.11 Å². The molecule has 1 aromatic rings. The molecule has 0 aliphatic rings. The summed E-state index contributed by atoms with van der Waals surface area (Å²) in [6.45, 7) is 2.20. The summed E-state index contributed by atoms with van der Waals surface area (Å²) in [4.78, 5) is 0. The van der Waals surface area contributed by atoms with Gasteiger partial charge in [-0.15, -0.1) is 0 Å². The minimum Gasteiger partial charge on any atom is -0.495 e. The van der Waals surface area contributed by atoms with E-state index in [1.165, 1.54) is 37.8 Å². The zero-order valence-corrected chi connectivity index (χ0v) is 11.3. The Morgan fingerprint density at radius 1 is 1.17 bits per heavy atom. The first-order chi connectivity index (χ1) is 8.77. The van der Waals surface area contributed by atoms with Crippen molar-refractivity contribution in [1.82, 2.24) is 0 Å². The summed E-state index contributed by atoms with van der Waals surface area (Å²) in [5.74, 6) is 6.42. The van der Waals surface area contributed by atoms with Crippen molar-refractivity contribution in [2.75, 3.05) is 7.11 Å². The third-order valence-electron chi connectivity index (χ3n) is 2.79. The highest BCUT2D eigenvalue weighted by Crippen LogP contribution is 2.18. The smallest absolute Gasteiger partial charge is 0.134 e. The maximum absolute atomic E-state index is 13.1. The van der Waals surface area contributed by atoms with Crippen molar-refractivity contribution >= 4 is 0 Å². The largest absolute Gasteiger partial charge is 0.495 e. The van der Waals surface area contributed by atoms with Crippen molar-refractivity contribution in [3.05, 3.63) is 29.6 Å². The second kappa shape index (κ2) is 8.58. The lowest BCUT2D eigenvalue weighted by Crippen LogP contribution is -1.88. The molecule has 1 nitrogen and oxygen atoms in total. The van der Waals surface area contributed by atoms with Gasteiger partial charge in [-0.25, -0.2) is 4.39 Å². The third-order valence-corrected chi connectivity index (χ3v) is 2.79. The van der Waals surface area contributed by atoms with Gasteiger partial charge in [0.2, 0.25) is 0 Å². The Hall–Kier alpha value is -1.49. The van der Waals surface area contributed by atoms with Gasteiger partial charge in [0.1, 0.15) is 11.6 Å². The molecule has 0 fully saturated rings. The van der Waals surface area contributed by atoms with E-state index in [9.17, 15) is 4.39 Å². The molecule has 1 aromatic carbocycles. The molecule has 0 heterocycles. The predicted molar refractivity (Wildman–Crippen MR) is 73.2 cm³/mol. The highest BCUT2D eigenvalue weighted by Gasteiger charge is 2.00. The first-order valence-corrected chi connectivity index (χ1v) is 6.60. The number of methoxy groups -OCH3 is 1. The lowest BCUT2D eigenvalue weighted by atomic mass is 10.1. The van der Waals surface area contributed by atoms with Crippen LogP contribution in [0.4, 0.5) is 4.39 Å². The molecule has 0 bridgehead atoms. The van der Waals surface area contributed by atoms with Gasteiger partial charge >= 0.3 is 0 Å².